The summed E-state index contributed by atoms with van der Waals surface area (Å²) < 4.78 is 0. The van der Waals surface area contributed by atoms with Crippen molar-refractivity contribution in [3.8, 4) is 0 Å². The Bertz CT molecular complexity index is 599. The number of aliphatic hydroxyl groups excluding tert-OH is 1. The first-order chi connectivity index (χ1) is 10.9. The van der Waals surface area contributed by atoms with Gasteiger partial charge < -0.3 is 0 Å². The van der Waals surface area contributed by atoms with Gasteiger partial charge in [0, 0.05) is 0 Å². The van der Waals surface area contributed by atoms with E-state index in [1.165, 1.54) is 15.9 Å². The summed E-state index contributed by atoms with van der Waals surface area (Å²) in [4.78, 5) is 0. The van der Waals surface area contributed by atoms with Crippen LogP contribution in [-0.4, -0.2) is 17.9 Å². The van der Waals surface area contributed by atoms with Crippen molar-refractivity contribution in [3.05, 3.63) is 91.0 Å². The van der Waals surface area contributed by atoms with Crippen molar-refractivity contribution < 1.29 is 5.11 Å². The van der Waals surface area contributed by atoms with Crippen LogP contribution in [0.4, 0.5) is 0 Å². The van der Waals surface area contributed by atoms with Crippen molar-refractivity contribution in [2.24, 2.45) is 0 Å². The van der Waals surface area contributed by atoms with Gasteiger partial charge >= 0.3 is 132 Å². The average molecular weight is 308 g/mol. The molecule has 1 nitrogen and oxygen atoms in total. The van der Waals surface area contributed by atoms with Gasteiger partial charge in [-0.2, -0.15) is 0 Å². The molecule has 0 heterocycles. The van der Waals surface area contributed by atoms with Crippen LogP contribution in [0.15, 0.2) is 91.0 Å². The van der Waals surface area contributed by atoms with Crippen LogP contribution in [0, 0.1) is 0 Å². The van der Waals surface area contributed by atoms with E-state index in [2.05, 4.69) is 91.0 Å². The molecule has 0 fully saturated rings. The van der Waals surface area contributed by atoms with Gasteiger partial charge in [-0.05, 0) is 0 Å². The molecule has 0 aliphatic rings. The third kappa shape index (κ3) is 2.70. The van der Waals surface area contributed by atoms with Crippen LogP contribution in [0.25, 0.3) is 0 Å². The Balaban J connectivity index is 2.29. The average Bonchev–Trinajstić information content (AvgIpc) is 2.62. The summed E-state index contributed by atoms with van der Waals surface area (Å²) in [5.74, 6) is 0. The zero-order valence-electron chi connectivity index (χ0n) is 12.5. The van der Waals surface area contributed by atoms with Crippen LogP contribution in [0.5, 0.6) is 0 Å². The predicted octanol–water partition coefficient (Wildman–Crippen LogP) is 2.71. The molecule has 1 N–H and O–H groups in total. The number of aliphatic hydroxyl groups is 1. The third-order valence-electron chi connectivity index (χ3n) is 4.29. The van der Waals surface area contributed by atoms with Gasteiger partial charge in [0.15, 0.2) is 0 Å². The first-order valence-corrected chi connectivity index (χ1v) is 9.86. The minimum absolute atomic E-state index is 0.199. The molecule has 0 radical (unpaired) electrons. The number of hydrogen-bond donors (Lipinski definition) is 1. The Hall–Kier alpha value is -1.95. The van der Waals surface area contributed by atoms with Crippen LogP contribution < -0.4 is 15.9 Å². The van der Waals surface area contributed by atoms with E-state index < -0.39 is 7.26 Å². The Morgan fingerprint density at radius 1 is 0.545 bits per heavy atom. The van der Waals surface area contributed by atoms with Crippen molar-refractivity contribution >= 4 is 23.2 Å². The zero-order chi connectivity index (χ0) is 15.3. The zero-order valence-corrected chi connectivity index (χ0v) is 13.5. The number of benzene rings is 3. The van der Waals surface area contributed by atoms with Gasteiger partial charge in [0.05, 0.1) is 0 Å². The molecule has 0 aliphatic heterocycles. The van der Waals surface area contributed by atoms with Crippen molar-refractivity contribution in [1.82, 2.24) is 0 Å². The molecule has 112 valence electrons. The molecule has 0 spiro atoms. The molecule has 0 bridgehead atoms. The van der Waals surface area contributed by atoms with Crippen molar-refractivity contribution in [1.29, 1.82) is 0 Å². The molecule has 2 heteroatoms. The van der Waals surface area contributed by atoms with E-state index in [9.17, 15) is 5.11 Å². The molecule has 0 aliphatic carbocycles. The van der Waals surface area contributed by atoms with Gasteiger partial charge in [-0.25, -0.2) is 0 Å². The second kappa shape index (κ2) is 6.87. The van der Waals surface area contributed by atoms with Crippen LogP contribution in [0.3, 0.4) is 0 Å². The molecule has 0 aromatic heterocycles. The van der Waals surface area contributed by atoms with Gasteiger partial charge in [0.2, 0.25) is 0 Å². The molecular weight excluding hydrogens is 287 g/mol. The maximum absolute atomic E-state index is 9.82. The van der Waals surface area contributed by atoms with Crippen LogP contribution in [0.2, 0.25) is 0 Å². The fourth-order valence-corrected chi connectivity index (χ4v) is 7.75. The van der Waals surface area contributed by atoms with E-state index in [0.717, 1.165) is 6.16 Å². The van der Waals surface area contributed by atoms with E-state index in [0.29, 0.717) is 0 Å². The second-order valence-electron chi connectivity index (χ2n) is 5.48. The molecule has 3 aromatic rings. The Morgan fingerprint density at radius 3 is 1.14 bits per heavy atom. The van der Waals surface area contributed by atoms with Crippen molar-refractivity contribution in [2.75, 3.05) is 12.8 Å². The summed E-state index contributed by atoms with van der Waals surface area (Å²) in [6.45, 7) is 0.199. The van der Waals surface area contributed by atoms with Crippen molar-refractivity contribution in [3.63, 3.8) is 0 Å². The summed E-state index contributed by atoms with van der Waals surface area (Å²) in [6.07, 6.45) is 0.797. The Labute approximate surface area is 132 Å². The number of hydrogen-bond acceptors (Lipinski definition) is 1. The van der Waals surface area contributed by atoms with Gasteiger partial charge in [-0.3, -0.25) is 0 Å². The monoisotopic (exact) mass is 308 g/mol. The van der Waals surface area contributed by atoms with E-state index in [1.807, 2.05) is 0 Å². The molecule has 3 aromatic carbocycles. The van der Waals surface area contributed by atoms with E-state index in [1.54, 1.807) is 0 Å². The van der Waals surface area contributed by atoms with Gasteiger partial charge in [0.25, 0.3) is 0 Å². The quantitative estimate of drug-likeness (QED) is 0.719. The van der Waals surface area contributed by atoms with Crippen LogP contribution >= 0.6 is 7.26 Å². The maximum atomic E-state index is 9.82. The molecule has 0 unspecified atom stereocenters. The van der Waals surface area contributed by atoms with Crippen LogP contribution in [-0.2, 0) is 0 Å². The summed E-state index contributed by atoms with van der Waals surface area (Å²) in [6, 6.07) is 32.0. The third-order valence-corrected chi connectivity index (χ3v) is 9.22. The second-order valence-corrected chi connectivity index (χ2v) is 9.52. The topological polar surface area (TPSA) is 20.2 Å². The normalized spacial score (nSPS) is 12.0. The molecule has 0 saturated heterocycles. The molecule has 0 saturated carbocycles. The van der Waals surface area contributed by atoms with Gasteiger partial charge in [-0.15, -0.1) is 0 Å². The first kappa shape index (κ1) is 15.0. The fraction of sp³-hybridized carbons (Fsp3) is 0.100. The molecule has 0 amide bonds. The molecular formula is C20H21OP. The summed E-state index contributed by atoms with van der Waals surface area (Å²) >= 11 is 0. The molecule has 0 atom stereocenters. The molecule has 3 rings (SSSR count). The van der Waals surface area contributed by atoms with Crippen LogP contribution in [0.1, 0.15) is 0 Å². The first-order valence-electron chi connectivity index (χ1n) is 7.65. The Morgan fingerprint density at radius 2 is 0.864 bits per heavy atom. The standard InChI is InChI=1S/C20H21OP/c21-16-17-22(18-10-4-1-5-11-18,19-12-6-2-7-13-19)20-14-8-3-9-15-20/h1-15,21-22H,16-17H2. The summed E-state index contributed by atoms with van der Waals surface area (Å²) in [5, 5.41) is 13.9. The van der Waals surface area contributed by atoms with Gasteiger partial charge in [-0.1, -0.05) is 0 Å². The number of rotatable bonds is 5. The van der Waals surface area contributed by atoms with Gasteiger partial charge in [0.1, 0.15) is 0 Å². The fourth-order valence-electron chi connectivity index (χ4n) is 3.27. The van der Waals surface area contributed by atoms with Crippen molar-refractivity contribution in [2.45, 2.75) is 0 Å². The SMILES string of the molecule is OCC[PH](c1ccccc1)(c1ccccc1)c1ccccc1. The van der Waals surface area contributed by atoms with E-state index in [-0.39, 0.29) is 6.61 Å². The summed E-state index contributed by atoms with van der Waals surface area (Å²) in [5.41, 5.74) is 0. The Kier molecular flexibility index (Phi) is 4.68. The van der Waals surface area contributed by atoms with E-state index >= 15 is 0 Å². The minimum atomic E-state index is -2.17. The van der Waals surface area contributed by atoms with E-state index in [4.69, 9.17) is 0 Å². The predicted molar refractivity (Wildman–Crippen MR) is 98.5 cm³/mol. The molecule has 22 heavy (non-hydrogen) atoms. The summed E-state index contributed by atoms with van der Waals surface area (Å²) in [7, 11) is -2.17.